The van der Waals surface area contributed by atoms with Crippen molar-refractivity contribution in [2.45, 2.75) is 19.6 Å². The van der Waals surface area contributed by atoms with Crippen molar-refractivity contribution in [3.63, 3.8) is 0 Å². The van der Waals surface area contributed by atoms with Gasteiger partial charge in [0.1, 0.15) is 17.4 Å². The van der Waals surface area contributed by atoms with Crippen molar-refractivity contribution in [3.05, 3.63) is 76.2 Å². The second-order valence-corrected chi connectivity index (χ2v) is 6.59. The fourth-order valence-electron chi connectivity index (χ4n) is 2.40. The number of amides is 1. The first-order valence-electron chi connectivity index (χ1n) is 8.12. The van der Waals surface area contributed by atoms with Gasteiger partial charge in [0, 0.05) is 21.7 Å². The van der Waals surface area contributed by atoms with Crippen LogP contribution in [0.1, 0.15) is 12.5 Å². The maximum Gasteiger partial charge on any atom is 0.266 e. The maximum atomic E-state index is 13.0. The summed E-state index contributed by atoms with van der Waals surface area (Å²) in [6.45, 7) is 1.90. The molecular formula is C19H16Cl2FN3O2. The molecule has 0 radical (unpaired) electrons. The van der Waals surface area contributed by atoms with Crippen molar-refractivity contribution in [2.24, 2.45) is 0 Å². The highest BCUT2D eigenvalue weighted by Gasteiger charge is 2.17. The molecule has 0 spiro atoms. The maximum absolute atomic E-state index is 13.0. The van der Waals surface area contributed by atoms with Crippen LogP contribution in [-0.2, 0) is 11.3 Å². The van der Waals surface area contributed by atoms with Gasteiger partial charge in [0.25, 0.3) is 5.91 Å². The lowest BCUT2D eigenvalue weighted by atomic mass is 10.2. The van der Waals surface area contributed by atoms with Gasteiger partial charge in [0.2, 0.25) is 0 Å². The van der Waals surface area contributed by atoms with Gasteiger partial charge in [-0.15, -0.1) is 0 Å². The van der Waals surface area contributed by atoms with Crippen molar-refractivity contribution in [3.8, 4) is 5.75 Å². The minimum Gasteiger partial charge on any atom is -0.481 e. The molecule has 1 amide bonds. The van der Waals surface area contributed by atoms with E-state index in [1.807, 2.05) is 0 Å². The molecule has 27 heavy (non-hydrogen) atoms. The molecule has 1 heterocycles. The monoisotopic (exact) mass is 407 g/mol. The third-order valence-corrected chi connectivity index (χ3v) is 4.54. The number of halogens is 3. The first-order valence-corrected chi connectivity index (χ1v) is 8.87. The highest BCUT2D eigenvalue weighted by atomic mass is 35.5. The van der Waals surface area contributed by atoms with Crippen LogP contribution in [0.3, 0.4) is 0 Å². The third kappa shape index (κ3) is 4.78. The van der Waals surface area contributed by atoms with Crippen LogP contribution in [0.25, 0.3) is 0 Å². The molecule has 3 aromatic rings. The van der Waals surface area contributed by atoms with Gasteiger partial charge in [0.15, 0.2) is 6.10 Å². The fraction of sp³-hybridized carbons (Fsp3) is 0.158. The van der Waals surface area contributed by atoms with Crippen LogP contribution in [0.2, 0.25) is 10.0 Å². The molecule has 8 heteroatoms. The number of benzene rings is 2. The summed E-state index contributed by atoms with van der Waals surface area (Å²) < 4.78 is 20.1. The molecule has 140 valence electrons. The number of hydrogen-bond donors (Lipinski definition) is 1. The lowest BCUT2D eigenvalue weighted by molar-refractivity contribution is -0.122. The van der Waals surface area contributed by atoms with Crippen LogP contribution in [0.4, 0.5) is 10.2 Å². The lowest BCUT2D eigenvalue weighted by Crippen LogP contribution is -2.31. The van der Waals surface area contributed by atoms with E-state index in [4.69, 9.17) is 27.9 Å². The predicted octanol–water partition coefficient (Wildman–Crippen LogP) is 4.78. The fourth-order valence-corrected chi connectivity index (χ4v) is 2.91. The van der Waals surface area contributed by atoms with Crippen LogP contribution in [0, 0.1) is 5.82 Å². The zero-order valence-corrected chi connectivity index (χ0v) is 15.8. The van der Waals surface area contributed by atoms with Crippen LogP contribution in [0.15, 0.2) is 54.7 Å². The summed E-state index contributed by atoms with van der Waals surface area (Å²) >= 11 is 12.4. The van der Waals surface area contributed by atoms with Gasteiger partial charge >= 0.3 is 0 Å². The first-order chi connectivity index (χ1) is 12.9. The number of ether oxygens (including phenoxy) is 1. The SMILES string of the molecule is CC(Oc1ccc(F)cc1)C(=O)Nc1ccnn1Cc1c(Cl)cccc1Cl. The average Bonchev–Trinajstić information content (AvgIpc) is 3.07. The normalized spacial score (nSPS) is 11.9. The summed E-state index contributed by atoms with van der Waals surface area (Å²) in [5.74, 6) is 0.133. The van der Waals surface area contributed by atoms with E-state index in [0.717, 1.165) is 0 Å². The van der Waals surface area contributed by atoms with E-state index in [2.05, 4.69) is 10.4 Å². The number of carbonyl (C=O) groups is 1. The topological polar surface area (TPSA) is 56.1 Å². The zero-order chi connectivity index (χ0) is 19.4. The quantitative estimate of drug-likeness (QED) is 0.639. The first kappa shape index (κ1) is 19.2. The van der Waals surface area contributed by atoms with Crippen molar-refractivity contribution in [2.75, 3.05) is 5.32 Å². The van der Waals surface area contributed by atoms with E-state index in [1.54, 1.807) is 42.1 Å². The number of carbonyl (C=O) groups excluding carboxylic acids is 1. The van der Waals surface area contributed by atoms with E-state index in [0.29, 0.717) is 33.7 Å². The largest absolute Gasteiger partial charge is 0.481 e. The number of aromatic nitrogens is 2. The summed E-state index contributed by atoms with van der Waals surface area (Å²) in [6, 6.07) is 12.4. The Hall–Kier alpha value is -2.57. The van der Waals surface area contributed by atoms with E-state index in [1.165, 1.54) is 24.3 Å². The standard InChI is InChI=1S/C19H16Cl2FN3O2/c1-12(27-14-7-5-13(22)6-8-14)19(26)24-18-9-10-23-25(18)11-15-16(20)3-2-4-17(15)21/h2-10,12H,11H2,1H3,(H,24,26). The lowest BCUT2D eigenvalue weighted by Gasteiger charge is -2.16. The summed E-state index contributed by atoms with van der Waals surface area (Å²) in [5, 5.41) is 7.99. The molecule has 0 aliphatic heterocycles. The van der Waals surface area contributed by atoms with Crippen LogP contribution in [0.5, 0.6) is 5.75 Å². The molecule has 1 atom stereocenters. The Kier molecular flexibility index (Phi) is 5.98. The summed E-state index contributed by atoms with van der Waals surface area (Å²) in [6.07, 6.45) is 0.772. The molecule has 2 aromatic carbocycles. The van der Waals surface area contributed by atoms with Crippen molar-refractivity contribution in [1.82, 2.24) is 9.78 Å². The van der Waals surface area contributed by atoms with E-state index >= 15 is 0 Å². The van der Waals surface area contributed by atoms with Crippen LogP contribution >= 0.6 is 23.2 Å². The molecule has 5 nitrogen and oxygen atoms in total. The molecule has 0 bridgehead atoms. The summed E-state index contributed by atoms with van der Waals surface area (Å²) in [4.78, 5) is 12.4. The van der Waals surface area contributed by atoms with Gasteiger partial charge in [0.05, 0.1) is 12.7 Å². The number of anilines is 1. The Morgan fingerprint density at radius 1 is 1.19 bits per heavy atom. The van der Waals surface area contributed by atoms with Crippen molar-refractivity contribution in [1.29, 1.82) is 0 Å². The van der Waals surface area contributed by atoms with Gasteiger partial charge < -0.3 is 10.1 Å². The highest BCUT2D eigenvalue weighted by Crippen LogP contribution is 2.26. The molecule has 0 aliphatic carbocycles. The number of rotatable bonds is 6. The molecule has 1 unspecified atom stereocenters. The molecule has 0 saturated carbocycles. The number of hydrogen-bond acceptors (Lipinski definition) is 3. The Morgan fingerprint density at radius 2 is 1.85 bits per heavy atom. The molecule has 0 saturated heterocycles. The molecular weight excluding hydrogens is 392 g/mol. The summed E-state index contributed by atoms with van der Waals surface area (Å²) in [5.41, 5.74) is 0.704. The van der Waals surface area contributed by atoms with Gasteiger partial charge in [-0.25, -0.2) is 9.07 Å². The number of nitrogens with one attached hydrogen (secondary N) is 1. The van der Waals surface area contributed by atoms with Gasteiger partial charge in [-0.1, -0.05) is 29.3 Å². The minimum atomic E-state index is -0.789. The van der Waals surface area contributed by atoms with Crippen LogP contribution < -0.4 is 10.1 Å². The van der Waals surface area contributed by atoms with Crippen molar-refractivity contribution >= 4 is 34.9 Å². The molecule has 1 N–H and O–H groups in total. The van der Waals surface area contributed by atoms with Crippen molar-refractivity contribution < 1.29 is 13.9 Å². The zero-order valence-electron chi connectivity index (χ0n) is 14.3. The van der Waals surface area contributed by atoms with E-state index in [9.17, 15) is 9.18 Å². The van der Waals surface area contributed by atoms with E-state index in [-0.39, 0.29) is 11.7 Å². The molecule has 0 aliphatic rings. The van der Waals surface area contributed by atoms with E-state index < -0.39 is 6.10 Å². The van der Waals surface area contributed by atoms with Gasteiger partial charge in [-0.05, 0) is 43.3 Å². The Labute approximate surface area is 165 Å². The molecule has 1 aromatic heterocycles. The third-order valence-electron chi connectivity index (χ3n) is 3.83. The highest BCUT2D eigenvalue weighted by molar-refractivity contribution is 6.35. The molecule has 0 fully saturated rings. The predicted molar refractivity (Wildman–Crippen MR) is 103 cm³/mol. The summed E-state index contributed by atoms with van der Waals surface area (Å²) in [7, 11) is 0. The second kappa shape index (κ2) is 8.41. The second-order valence-electron chi connectivity index (χ2n) is 5.78. The van der Waals surface area contributed by atoms with Gasteiger partial charge in [-0.2, -0.15) is 5.10 Å². The Morgan fingerprint density at radius 3 is 2.52 bits per heavy atom. The molecule has 3 rings (SSSR count). The Bertz CT molecular complexity index is 924. The minimum absolute atomic E-state index is 0.300. The average molecular weight is 408 g/mol. The van der Waals surface area contributed by atoms with Gasteiger partial charge in [-0.3, -0.25) is 4.79 Å². The number of nitrogens with zero attached hydrogens (tertiary/aromatic N) is 2. The van der Waals surface area contributed by atoms with Crippen LogP contribution in [-0.4, -0.2) is 21.8 Å². The smallest absolute Gasteiger partial charge is 0.266 e. The Balaban J connectivity index is 1.68.